The van der Waals surface area contributed by atoms with Crippen LogP contribution in [-0.4, -0.2) is 39.6 Å². The maximum atomic E-state index is 13.7. The van der Waals surface area contributed by atoms with Crippen molar-refractivity contribution in [2.75, 3.05) is 0 Å². The molecule has 1 aliphatic heterocycles. The van der Waals surface area contributed by atoms with Crippen LogP contribution in [0.15, 0.2) is 48.5 Å². The predicted molar refractivity (Wildman–Crippen MR) is 124 cm³/mol. The lowest BCUT2D eigenvalue weighted by atomic mass is 9.76. The van der Waals surface area contributed by atoms with Crippen LogP contribution in [0.25, 0.3) is 0 Å². The van der Waals surface area contributed by atoms with Crippen molar-refractivity contribution < 1.29 is 19.2 Å². The van der Waals surface area contributed by atoms with Gasteiger partial charge in [-0.25, -0.2) is 5.01 Å². The molecule has 0 N–H and O–H groups in total. The molecule has 1 heterocycles. The number of ketones is 1. The van der Waals surface area contributed by atoms with Gasteiger partial charge >= 0.3 is 0 Å². The third-order valence-electron chi connectivity index (χ3n) is 6.77. The molecule has 0 spiro atoms. The molecule has 1 aliphatic carbocycles. The molecule has 3 amide bonds. The van der Waals surface area contributed by atoms with Crippen molar-refractivity contribution in [2.24, 2.45) is 17.8 Å². The molecule has 2 aliphatic rings. The second-order valence-corrected chi connectivity index (χ2v) is 9.56. The Balaban J connectivity index is 1.76. The molecule has 2 fully saturated rings. The number of halogens is 1. The SMILES string of the molecule is Cc1ccc(C(=O)[C@H](C)N(C(=O)c2ccccc2Cl)N2C(=O)[C@@H]3CC[C@@H](C)C[C@H]3C2=O)cc1. The van der Waals surface area contributed by atoms with E-state index in [0.717, 1.165) is 22.0 Å². The van der Waals surface area contributed by atoms with E-state index in [2.05, 4.69) is 6.92 Å². The van der Waals surface area contributed by atoms with Crippen molar-refractivity contribution in [1.82, 2.24) is 10.0 Å². The third kappa shape index (κ3) is 4.20. The van der Waals surface area contributed by atoms with Gasteiger partial charge in [0.15, 0.2) is 5.78 Å². The van der Waals surface area contributed by atoms with Crippen LogP contribution in [0, 0.1) is 24.7 Å². The molecular weight excluding hydrogens is 440 g/mol. The van der Waals surface area contributed by atoms with Gasteiger partial charge < -0.3 is 0 Å². The van der Waals surface area contributed by atoms with Crippen LogP contribution in [0.5, 0.6) is 0 Å². The number of fused-ring (bicyclic) bond motifs is 1. The number of carbonyl (C=O) groups is 4. The van der Waals surface area contributed by atoms with Crippen LogP contribution in [0.3, 0.4) is 0 Å². The van der Waals surface area contributed by atoms with Gasteiger partial charge in [-0.2, -0.15) is 5.01 Å². The lowest BCUT2D eigenvalue weighted by Gasteiger charge is -2.35. The van der Waals surface area contributed by atoms with Gasteiger partial charge in [-0.15, -0.1) is 0 Å². The van der Waals surface area contributed by atoms with Gasteiger partial charge in [0.05, 0.1) is 22.4 Å². The first-order chi connectivity index (χ1) is 15.7. The summed E-state index contributed by atoms with van der Waals surface area (Å²) >= 11 is 6.28. The van der Waals surface area contributed by atoms with Crippen LogP contribution >= 0.6 is 11.6 Å². The molecule has 2 aromatic rings. The van der Waals surface area contributed by atoms with Gasteiger partial charge in [0.2, 0.25) is 0 Å². The molecule has 6 nitrogen and oxygen atoms in total. The molecule has 0 unspecified atom stereocenters. The number of hydrazine groups is 1. The van der Waals surface area contributed by atoms with E-state index in [1.54, 1.807) is 37.3 Å². The van der Waals surface area contributed by atoms with E-state index in [4.69, 9.17) is 11.6 Å². The Kier molecular flexibility index (Phi) is 6.39. The van der Waals surface area contributed by atoms with E-state index >= 15 is 0 Å². The lowest BCUT2D eigenvalue weighted by Crippen LogP contribution is -2.56. The minimum atomic E-state index is -1.08. The molecule has 2 aromatic carbocycles. The zero-order valence-corrected chi connectivity index (χ0v) is 19.7. The number of imide groups is 1. The number of Topliss-reactive ketones (excluding diaryl/α,β-unsaturated/α-hetero) is 1. The van der Waals surface area contributed by atoms with Crippen molar-refractivity contribution in [2.45, 2.75) is 46.1 Å². The number of rotatable bonds is 5. The Hall–Kier alpha value is -2.99. The fraction of sp³-hybridized carbons (Fsp3) is 0.385. The van der Waals surface area contributed by atoms with Crippen LogP contribution in [-0.2, 0) is 9.59 Å². The molecular formula is C26H27ClN2O4. The Morgan fingerprint density at radius 2 is 1.64 bits per heavy atom. The van der Waals surface area contributed by atoms with Crippen molar-refractivity contribution >= 4 is 35.1 Å². The highest BCUT2D eigenvalue weighted by atomic mass is 35.5. The van der Waals surface area contributed by atoms with E-state index in [1.165, 1.54) is 6.07 Å². The smallest absolute Gasteiger partial charge is 0.275 e. The summed E-state index contributed by atoms with van der Waals surface area (Å²) in [6, 6.07) is 12.3. The Morgan fingerprint density at radius 3 is 2.30 bits per heavy atom. The van der Waals surface area contributed by atoms with E-state index < -0.39 is 35.6 Å². The third-order valence-corrected chi connectivity index (χ3v) is 7.10. The van der Waals surface area contributed by atoms with Crippen molar-refractivity contribution in [3.05, 3.63) is 70.2 Å². The number of benzene rings is 2. The minimum absolute atomic E-state index is 0.131. The highest BCUT2D eigenvalue weighted by Gasteiger charge is 2.54. The quantitative estimate of drug-likeness (QED) is 0.473. The summed E-state index contributed by atoms with van der Waals surface area (Å²) in [6.45, 7) is 5.52. The zero-order chi connectivity index (χ0) is 23.9. The second kappa shape index (κ2) is 9.10. The average molecular weight is 467 g/mol. The average Bonchev–Trinajstić information content (AvgIpc) is 3.04. The second-order valence-electron chi connectivity index (χ2n) is 9.16. The summed E-state index contributed by atoms with van der Waals surface area (Å²) in [5.41, 5.74) is 1.52. The summed E-state index contributed by atoms with van der Waals surface area (Å²) in [4.78, 5) is 53.9. The largest absolute Gasteiger partial charge is 0.292 e. The highest BCUT2D eigenvalue weighted by molar-refractivity contribution is 6.34. The molecule has 172 valence electrons. The maximum absolute atomic E-state index is 13.7. The van der Waals surface area contributed by atoms with Gasteiger partial charge in [-0.3, -0.25) is 19.2 Å². The Labute approximate surface area is 198 Å². The Bertz CT molecular complexity index is 1110. The fourth-order valence-electron chi connectivity index (χ4n) is 4.85. The number of hydrogen-bond acceptors (Lipinski definition) is 4. The van der Waals surface area contributed by atoms with Gasteiger partial charge in [0.25, 0.3) is 17.7 Å². The summed E-state index contributed by atoms with van der Waals surface area (Å²) in [6.07, 6.45) is 2.05. The first kappa shape index (κ1) is 23.2. The number of amides is 3. The van der Waals surface area contributed by atoms with E-state index in [9.17, 15) is 19.2 Å². The van der Waals surface area contributed by atoms with Crippen molar-refractivity contribution in [3.8, 4) is 0 Å². The van der Waals surface area contributed by atoms with Crippen LogP contribution < -0.4 is 0 Å². The monoisotopic (exact) mass is 466 g/mol. The molecule has 7 heteroatoms. The molecule has 4 rings (SSSR count). The maximum Gasteiger partial charge on any atom is 0.275 e. The van der Waals surface area contributed by atoms with Crippen LogP contribution in [0.4, 0.5) is 0 Å². The van der Waals surface area contributed by atoms with Gasteiger partial charge in [0, 0.05) is 5.56 Å². The number of nitrogens with zero attached hydrogens (tertiary/aromatic N) is 2. The number of hydrogen-bond donors (Lipinski definition) is 0. The number of aryl methyl sites for hydroxylation is 1. The first-order valence-corrected chi connectivity index (χ1v) is 11.6. The summed E-state index contributed by atoms with van der Waals surface area (Å²) in [7, 11) is 0. The summed E-state index contributed by atoms with van der Waals surface area (Å²) in [5.74, 6) is -2.45. The van der Waals surface area contributed by atoms with E-state index in [-0.39, 0.29) is 16.4 Å². The van der Waals surface area contributed by atoms with Gasteiger partial charge in [-0.05, 0) is 51.2 Å². The van der Waals surface area contributed by atoms with E-state index in [1.807, 2.05) is 19.1 Å². The van der Waals surface area contributed by atoms with Gasteiger partial charge in [0.1, 0.15) is 6.04 Å². The summed E-state index contributed by atoms with van der Waals surface area (Å²) in [5, 5.41) is 2.14. The fourth-order valence-corrected chi connectivity index (χ4v) is 5.07. The van der Waals surface area contributed by atoms with Crippen LogP contribution in [0.2, 0.25) is 5.02 Å². The molecule has 0 aromatic heterocycles. The molecule has 0 bridgehead atoms. The molecule has 33 heavy (non-hydrogen) atoms. The summed E-state index contributed by atoms with van der Waals surface area (Å²) < 4.78 is 0. The lowest BCUT2D eigenvalue weighted by molar-refractivity contribution is -0.156. The topological polar surface area (TPSA) is 74.8 Å². The van der Waals surface area contributed by atoms with E-state index in [0.29, 0.717) is 24.3 Å². The van der Waals surface area contributed by atoms with Gasteiger partial charge in [-0.1, -0.05) is 60.5 Å². The molecule has 0 radical (unpaired) electrons. The minimum Gasteiger partial charge on any atom is -0.292 e. The normalized spacial score (nSPS) is 23.3. The Morgan fingerprint density at radius 1 is 1.00 bits per heavy atom. The molecule has 4 atom stereocenters. The molecule has 1 saturated carbocycles. The number of carbonyl (C=O) groups excluding carboxylic acids is 4. The highest BCUT2D eigenvalue weighted by Crippen LogP contribution is 2.42. The molecule has 1 saturated heterocycles. The van der Waals surface area contributed by atoms with Crippen molar-refractivity contribution in [1.29, 1.82) is 0 Å². The zero-order valence-electron chi connectivity index (χ0n) is 19.0. The standard InChI is InChI=1S/C26H27ClN2O4/c1-15-8-11-18(12-9-15)23(30)17(3)28(25(32)20-6-4-5-7-22(20)27)29-24(31)19-13-10-16(2)14-21(19)26(29)33/h4-9,11-12,16-17,19,21H,10,13-14H2,1-3H3/t16-,17+,19-,21-/m1/s1. The predicted octanol–water partition coefficient (Wildman–Crippen LogP) is 4.70. The first-order valence-electron chi connectivity index (χ1n) is 11.3. The van der Waals surface area contributed by atoms with Crippen molar-refractivity contribution in [3.63, 3.8) is 0 Å². The van der Waals surface area contributed by atoms with Crippen LogP contribution in [0.1, 0.15) is 59.4 Å².